The zero-order valence-corrected chi connectivity index (χ0v) is 10.0. The molecule has 0 saturated carbocycles. The molecular weight excluding hydrogens is 263 g/mol. The van der Waals surface area contributed by atoms with E-state index in [0.717, 1.165) is 0 Å². The highest BCUT2D eigenvalue weighted by molar-refractivity contribution is 6.35. The smallest absolute Gasteiger partial charge is 0.228 e. The summed E-state index contributed by atoms with van der Waals surface area (Å²) in [5, 5.41) is 13.0. The molecule has 0 amide bonds. The molecule has 0 aliphatic heterocycles. The molecular formula is C10H6Cl2N4O. The Morgan fingerprint density at radius 3 is 2.94 bits per heavy atom. The van der Waals surface area contributed by atoms with Crippen LogP contribution in [0.3, 0.4) is 0 Å². The third-order valence-electron chi connectivity index (χ3n) is 1.94. The van der Waals surface area contributed by atoms with Gasteiger partial charge in [0, 0.05) is 19.0 Å². The average molecular weight is 269 g/mol. The van der Waals surface area contributed by atoms with Crippen LogP contribution in [0.1, 0.15) is 12.3 Å². The molecule has 0 atom stereocenters. The largest absolute Gasteiger partial charge is 0.339 e. The minimum absolute atomic E-state index is 0.291. The molecule has 2 rings (SSSR count). The Morgan fingerprint density at radius 1 is 1.41 bits per heavy atom. The molecule has 0 radical (unpaired) electrons. The highest BCUT2D eigenvalue weighted by Gasteiger charge is 2.13. The van der Waals surface area contributed by atoms with E-state index in [1.54, 1.807) is 6.07 Å². The van der Waals surface area contributed by atoms with E-state index in [2.05, 4.69) is 15.1 Å². The number of aryl methyl sites for hydroxylation is 1. The highest BCUT2D eigenvalue weighted by atomic mass is 35.5. The van der Waals surface area contributed by atoms with E-state index in [1.165, 1.54) is 6.20 Å². The van der Waals surface area contributed by atoms with Gasteiger partial charge in [0.05, 0.1) is 16.1 Å². The molecule has 5 nitrogen and oxygen atoms in total. The van der Waals surface area contributed by atoms with Gasteiger partial charge < -0.3 is 4.52 Å². The minimum Gasteiger partial charge on any atom is -0.339 e. The number of hydrogen-bond donors (Lipinski definition) is 0. The van der Waals surface area contributed by atoms with Crippen molar-refractivity contribution in [3.63, 3.8) is 0 Å². The molecule has 0 saturated heterocycles. The average Bonchev–Trinajstić information content (AvgIpc) is 2.75. The molecule has 0 bridgehead atoms. The third kappa shape index (κ3) is 2.73. The van der Waals surface area contributed by atoms with Crippen molar-refractivity contribution in [2.24, 2.45) is 0 Å². The Hall–Kier alpha value is -1.64. The normalized spacial score (nSPS) is 10.2. The molecule has 0 fully saturated rings. The summed E-state index contributed by atoms with van der Waals surface area (Å²) in [5.74, 6) is 0.675. The van der Waals surface area contributed by atoms with Crippen molar-refractivity contribution in [2.75, 3.05) is 0 Å². The molecule has 2 heterocycles. The zero-order valence-electron chi connectivity index (χ0n) is 8.52. The number of rotatable bonds is 3. The molecule has 0 aliphatic carbocycles. The molecule has 0 N–H and O–H groups in total. The maximum Gasteiger partial charge on any atom is 0.228 e. The van der Waals surface area contributed by atoms with Gasteiger partial charge in [0.15, 0.2) is 0 Å². The number of aromatic nitrogens is 3. The summed E-state index contributed by atoms with van der Waals surface area (Å²) in [7, 11) is 0. The lowest BCUT2D eigenvalue weighted by Gasteiger charge is -1.97. The van der Waals surface area contributed by atoms with Crippen molar-refractivity contribution < 1.29 is 4.52 Å². The predicted molar refractivity (Wildman–Crippen MR) is 61.5 cm³/mol. The Labute approximate surface area is 107 Å². The van der Waals surface area contributed by atoms with Crippen molar-refractivity contribution >= 4 is 23.2 Å². The summed E-state index contributed by atoms with van der Waals surface area (Å²) in [6.45, 7) is 0. The second-order valence-corrected chi connectivity index (χ2v) is 4.00. The number of halogens is 2. The Balaban J connectivity index is 2.28. The van der Waals surface area contributed by atoms with Crippen molar-refractivity contribution in [2.45, 2.75) is 12.8 Å². The van der Waals surface area contributed by atoms with E-state index in [1.807, 2.05) is 6.07 Å². The molecule has 0 spiro atoms. The second-order valence-electron chi connectivity index (χ2n) is 3.15. The molecule has 0 aromatic carbocycles. The van der Waals surface area contributed by atoms with E-state index in [-0.39, 0.29) is 0 Å². The Kier molecular flexibility index (Phi) is 3.57. The van der Waals surface area contributed by atoms with Crippen molar-refractivity contribution in [1.29, 1.82) is 5.26 Å². The number of hydrogen-bond acceptors (Lipinski definition) is 5. The zero-order chi connectivity index (χ0) is 12.3. The van der Waals surface area contributed by atoms with Crippen LogP contribution in [-0.2, 0) is 6.42 Å². The first kappa shape index (κ1) is 11.8. The minimum atomic E-state index is 0.291. The lowest BCUT2D eigenvalue weighted by atomic mass is 10.3. The van der Waals surface area contributed by atoms with Crippen molar-refractivity contribution in [1.82, 2.24) is 15.1 Å². The summed E-state index contributed by atoms with van der Waals surface area (Å²) in [5.41, 5.74) is 0.406. The summed E-state index contributed by atoms with van der Waals surface area (Å²) in [4.78, 5) is 8.12. The van der Waals surface area contributed by atoms with Gasteiger partial charge in [0.25, 0.3) is 0 Å². The fourth-order valence-corrected chi connectivity index (χ4v) is 1.66. The third-order valence-corrected chi connectivity index (χ3v) is 2.43. The van der Waals surface area contributed by atoms with Crippen LogP contribution in [0.25, 0.3) is 11.5 Å². The van der Waals surface area contributed by atoms with Crippen molar-refractivity contribution in [3.8, 4) is 17.6 Å². The summed E-state index contributed by atoms with van der Waals surface area (Å²) < 4.78 is 4.96. The standard InChI is InChI=1S/C10H6Cl2N4O/c11-6-4-7(12)9(14-5-6)10-15-8(17-16-10)2-1-3-13/h4-5H,1-2H2. The fraction of sp³-hybridized carbons (Fsp3) is 0.200. The number of nitriles is 1. The Morgan fingerprint density at radius 2 is 2.24 bits per heavy atom. The monoisotopic (exact) mass is 268 g/mol. The van der Waals surface area contributed by atoms with Crippen LogP contribution in [0.2, 0.25) is 10.0 Å². The summed E-state index contributed by atoms with van der Waals surface area (Å²) >= 11 is 11.7. The topological polar surface area (TPSA) is 75.6 Å². The van der Waals surface area contributed by atoms with Gasteiger partial charge in [0.2, 0.25) is 11.7 Å². The Bertz CT molecular complexity index is 576. The van der Waals surface area contributed by atoms with E-state index >= 15 is 0 Å². The van der Waals surface area contributed by atoms with E-state index in [0.29, 0.717) is 40.3 Å². The highest BCUT2D eigenvalue weighted by Crippen LogP contribution is 2.25. The maximum atomic E-state index is 8.44. The van der Waals surface area contributed by atoms with Crippen LogP contribution < -0.4 is 0 Å². The van der Waals surface area contributed by atoms with Gasteiger partial charge in [-0.25, -0.2) is 4.98 Å². The van der Waals surface area contributed by atoms with Crippen LogP contribution >= 0.6 is 23.2 Å². The van der Waals surface area contributed by atoms with Crippen molar-refractivity contribution in [3.05, 3.63) is 28.2 Å². The first-order valence-electron chi connectivity index (χ1n) is 4.71. The fourth-order valence-electron chi connectivity index (χ4n) is 1.19. The van der Waals surface area contributed by atoms with Crippen LogP contribution in [0.5, 0.6) is 0 Å². The lowest BCUT2D eigenvalue weighted by molar-refractivity contribution is 0.380. The van der Waals surface area contributed by atoms with Gasteiger partial charge >= 0.3 is 0 Å². The number of nitrogens with zero attached hydrogens (tertiary/aromatic N) is 4. The van der Waals surface area contributed by atoms with Gasteiger partial charge in [-0.2, -0.15) is 10.2 Å². The molecule has 7 heteroatoms. The van der Waals surface area contributed by atoms with Crippen LogP contribution in [0.15, 0.2) is 16.8 Å². The molecule has 17 heavy (non-hydrogen) atoms. The first-order chi connectivity index (χ1) is 8.20. The van der Waals surface area contributed by atoms with Gasteiger partial charge in [-0.15, -0.1) is 0 Å². The summed E-state index contributed by atoms with van der Waals surface area (Å²) in [6.07, 6.45) is 2.19. The van der Waals surface area contributed by atoms with Crippen LogP contribution in [0, 0.1) is 11.3 Å². The molecule has 0 unspecified atom stereocenters. The van der Waals surface area contributed by atoms with Gasteiger partial charge in [-0.1, -0.05) is 28.4 Å². The SMILES string of the molecule is N#CCCc1nc(-c2ncc(Cl)cc2Cl)no1. The molecule has 2 aromatic heterocycles. The van der Waals surface area contributed by atoms with Gasteiger partial charge in [0.1, 0.15) is 5.69 Å². The second kappa shape index (κ2) is 5.13. The van der Waals surface area contributed by atoms with E-state index in [9.17, 15) is 0 Å². The summed E-state index contributed by atoms with van der Waals surface area (Å²) in [6, 6.07) is 3.55. The maximum absolute atomic E-state index is 8.44. The van der Waals surface area contributed by atoms with Gasteiger partial charge in [-0.05, 0) is 6.07 Å². The molecule has 86 valence electrons. The van der Waals surface area contributed by atoms with E-state index in [4.69, 9.17) is 33.0 Å². The van der Waals surface area contributed by atoms with Gasteiger partial charge in [-0.3, -0.25) is 0 Å². The predicted octanol–water partition coefficient (Wildman–Crippen LogP) is 2.89. The quantitative estimate of drug-likeness (QED) is 0.856. The lowest BCUT2D eigenvalue weighted by Crippen LogP contribution is -1.88. The molecule has 2 aromatic rings. The number of pyridine rings is 1. The van der Waals surface area contributed by atoms with Crippen LogP contribution in [0.4, 0.5) is 0 Å². The van der Waals surface area contributed by atoms with Crippen LogP contribution in [-0.4, -0.2) is 15.1 Å². The van der Waals surface area contributed by atoms with E-state index < -0.39 is 0 Å². The first-order valence-corrected chi connectivity index (χ1v) is 5.47. The molecule has 0 aliphatic rings.